The fourth-order valence-electron chi connectivity index (χ4n) is 2.55. The molecule has 0 bridgehead atoms. The van der Waals surface area contributed by atoms with E-state index in [-0.39, 0.29) is 23.7 Å². The zero-order valence-electron chi connectivity index (χ0n) is 14.8. The van der Waals surface area contributed by atoms with E-state index < -0.39 is 23.8 Å². The second-order valence-corrected chi connectivity index (χ2v) is 6.82. The van der Waals surface area contributed by atoms with Gasteiger partial charge in [-0.05, 0) is 31.6 Å². The molecule has 9 nitrogen and oxygen atoms in total. The zero-order valence-corrected chi connectivity index (χ0v) is 14.8. The van der Waals surface area contributed by atoms with Crippen molar-refractivity contribution in [3.8, 4) is 0 Å². The van der Waals surface area contributed by atoms with E-state index in [1.807, 2.05) is 13.8 Å². The Bertz CT molecular complexity index is 509. The normalized spacial score (nSPS) is 19.8. The molecule has 1 rings (SSSR count). The molecule has 1 aliphatic rings. The van der Waals surface area contributed by atoms with Crippen LogP contribution in [0.5, 0.6) is 0 Å². The number of guanidine groups is 1. The van der Waals surface area contributed by atoms with Gasteiger partial charge in [0.2, 0.25) is 11.8 Å². The number of rotatable bonds is 11. The molecular formula is C16H29N5O4. The van der Waals surface area contributed by atoms with Gasteiger partial charge in [-0.1, -0.05) is 13.8 Å². The predicted molar refractivity (Wildman–Crippen MR) is 92.8 cm³/mol. The highest BCUT2D eigenvalue weighted by atomic mass is 16.4. The second-order valence-electron chi connectivity index (χ2n) is 6.82. The Balaban J connectivity index is 2.38. The van der Waals surface area contributed by atoms with E-state index in [2.05, 4.69) is 16.0 Å². The summed E-state index contributed by atoms with van der Waals surface area (Å²) in [6.07, 6.45) is 2.30. The van der Waals surface area contributed by atoms with Crippen LogP contribution in [-0.2, 0) is 14.4 Å². The monoisotopic (exact) mass is 355 g/mol. The molecule has 0 aromatic rings. The summed E-state index contributed by atoms with van der Waals surface area (Å²) in [5.41, 5.74) is 5.17. The maximum atomic E-state index is 12.3. The molecule has 9 heteroatoms. The van der Waals surface area contributed by atoms with E-state index in [9.17, 15) is 14.4 Å². The summed E-state index contributed by atoms with van der Waals surface area (Å²) in [4.78, 5) is 35.3. The minimum Gasteiger partial charge on any atom is -0.481 e. The van der Waals surface area contributed by atoms with Gasteiger partial charge in [-0.2, -0.15) is 0 Å². The first-order chi connectivity index (χ1) is 11.7. The molecule has 142 valence electrons. The molecule has 1 saturated carbocycles. The Kier molecular flexibility index (Phi) is 8.17. The van der Waals surface area contributed by atoms with Crippen molar-refractivity contribution in [2.75, 3.05) is 13.1 Å². The minimum atomic E-state index is -0.968. The number of unbranched alkanes of at least 4 members (excludes halogenated alkanes) is 1. The summed E-state index contributed by atoms with van der Waals surface area (Å²) in [5.74, 6) is -2.61. The Labute approximate surface area is 147 Å². The maximum absolute atomic E-state index is 12.3. The van der Waals surface area contributed by atoms with Crippen molar-refractivity contribution in [3.63, 3.8) is 0 Å². The third-order valence-corrected chi connectivity index (χ3v) is 4.00. The molecular weight excluding hydrogens is 326 g/mol. The zero-order chi connectivity index (χ0) is 19.0. The Morgan fingerprint density at radius 3 is 2.24 bits per heavy atom. The number of hydrogen-bond acceptors (Lipinski definition) is 4. The first-order valence-electron chi connectivity index (χ1n) is 8.61. The highest BCUT2D eigenvalue weighted by molar-refractivity contribution is 5.93. The fraction of sp³-hybridized carbons (Fsp3) is 0.750. The number of carboxylic acid groups (broad SMARTS) is 1. The summed E-state index contributed by atoms with van der Waals surface area (Å²) < 4.78 is 0. The number of aliphatic carboxylic acids is 1. The molecule has 0 heterocycles. The fourth-order valence-corrected chi connectivity index (χ4v) is 2.55. The number of carbonyl (C=O) groups is 3. The van der Waals surface area contributed by atoms with Crippen LogP contribution in [-0.4, -0.2) is 48.0 Å². The van der Waals surface area contributed by atoms with E-state index in [1.165, 1.54) is 0 Å². The third kappa shape index (κ3) is 7.86. The second kappa shape index (κ2) is 9.85. The standard InChI is InChI=1S/C16H29N5O4/c1-9(2)7-12(21-13(22)10-8-11(10)15(24)25)14(23)19-5-3-4-6-20-16(17)18/h9-12H,3-8H2,1-2H3,(H,19,23)(H,21,22)(H,24,25)(H4,17,18,20)/t10?,11?,12-/m0/s1. The lowest BCUT2D eigenvalue weighted by Crippen LogP contribution is -2.48. The third-order valence-electron chi connectivity index (χ3n) is 4.00. The van der Waals surface area contributed by atoms with E-state index in [1.54, 1.807) is 0 Å². The first kappa shape index (κ1) is 20.7. The summed E-state index contributed by atoms with van der Waals surface area (Å²) >= 11 is 0. The highest BCUT2D eigenvalue weighted by Gasteiger charge is 2.48. The summed E-state index contributed by atoms with van der Waals surface area (Å²) in [6, 6.07) is -0.655. The van der Waals surface area contributed by atoms with Gasteiger partial charge in [-0.3, -0.25) is 19.8 Å². The molecule has 0 aromatic heterocycles. The quantitative estimate of drug-likeness (QED) is 0.168. The van der Waals surface area contributed by atoms with Crippen molar-refractivity contribution < 1.29 is 19.5 Å². The molecule has 0 aliphatic heterocycles. The first-order valence-corrected chi connectivity index (χ1v) is 8.61. The van der Waals surface area contributed by atoms with Gasteiger partial charge < -0.3 is 26.8 Å². The lowest BCUT2D eigenvalue weighted by molar-refractivity contribution is -0.140. The number of hydrogen-bond donors (Lipinski definition) is 6. The van der Waals surface area contributed by atoms with Crippen molar-refractivity contribution in [3.05, 3.63) is 0 Å². The largest absolute Gasteiger partial charge is 0.481 e. The van der Waals surface area contributed by atoms with Crippen molar-refractivity contribution in [1.29, 1.82) is 5.41 Å². The van der Waals surface area contributed by atoms with Crippen molar-refractivity contribution in [1.82, 2.24) is 16.0 Å². The summed E-state index contributed by atoms with van der Waals surface area (Å²) in [7, 11) is 0. The molecule has 0 aromatic carbocycles. The van der Waals surface area contributed by atoms with Gasteiger partial charge in [-0.25, -0.2) is 0 Å². The molecule has 1 fully saturated rings. The van der Waals surface area contributed by atoms with E-state index >= 15 is 0 Å². The molecule has 2 amide bonds. The van der Waals surface area contributed by atoms with E-state index in [0.717, 1.165) is 12.8 Å². The van der Waals surface area contributed by atoms with Crippen LogP contribution < -0.4 is 21.7 Å². The number of nitrogens with one attached hydrogen (secondary N) is 4. The number of amides is 2. The van der Waals surface area contributed by atoms with E-state index in [0.29, 0.717) is 25.9 Å². The average molecular weight is 355 g/mol. The summed E-state index contributed by atoms with van der Waals surface area (Å²) in [5, 5.41) is 24.1. The molecule has 0 saturated heterocycles. The van der Waals surface area contributed by atoms with Crippen molar-refractivity contribution >= 4 is 23.7 Å². The van der Waals surface area contributed by atoms with Gasteiger partial charge in [0.15, 0.2) is 5.96 Å². The molecule has 0 spiro atoms. The van der Waals surface area contributed by atoms with Gasteiger partial charge in [0, 0.05) is 13.1 Å². The van der Waals surface area contributed by atoms with Crippen LogP contribution in [0.3, 0.4) is 0 Å². The topological polar surface area (TPSA) is 157 Å². The van der Waals surface area contributed by atoms with Crippen LogP contribution in [0.25, 0.3) is 0 Å². The Morgan fingerprint density at radius 2 is 1.76 bits per heavy atom. The van der Waals surface area contributed by atoms with Crippen LogP contribution in [0, 0.1) is 23.2 Å². The van der Waals surface area contributed by atoms with Crippen LogP contribution in [0.15, 0.2) is 0 Å². The smallest absolute Gasteiger partial charge is 0.307 e. The molecule has 0 radical (unpaired) electrons. The molecule has 3 atom stereocenters. The van der Waals surface area contributed by atoms with Gasteiger partial charge in [0.1, 0.15) is 6.04 Å². The predicted octanol–water partition coefficient (Wildman–Crippen LogP) is -0.383. The van der Waals surface area contributed by atoms with Crippen molar-refractivity contribution in [2.45, 2.75) is 45.6 Å². The maximum Gasteiger partial charge on any atom is 0.307 e. The Morgan fingerprint density at radius 1 is 1.16 bits per heavy atom. The van der Waals surface area contributed by atoms with Crippen LogP contribution in [0.4, 0.5) is 0 Å². The van der Waals surface area contributed by atoms with Crippen LogP contribution in [0.2, 0.25) is 0 Å². The molecule has 7 N–H and O–H groups in total. The van der Waals surface area contributed by atoms with Crippen LogP contribution >= 0.6 is 0 Å². The summed E-state index contributed by atoms with van der Waals surface area (Å²) in [6.45, 7) is 4.94. The lowest BCUT2D eigenvalue weighted by atomic mass is 10.0. The van der Waals surface area contributed by atoms with Crippen molar-refractivity contribution in [2.24, 2.45) is 23.5 Å². The van der Waals surface area contributed by atoms with Gasteiger partial charge in [0.25, 0.3) is 0 Å². The number of carbonyl (C=O) groups excluding carboxylic acids is 2. The van der Waals surface area contributed by atoms with Gasteiger partial charge >= 0.3 is 5.97 Å². The highest BCUT2D eigenvalue weighted by Crippen LogP contribution is 2.38. The van der Waals surface area contributed by atoms with E-state index in [4.69, 9.17) is 16.2 Å². The van der Waals surface area contributed by atoms with Crippen LogP contribution in [0.1, 0.15) is 39.5 Å². The average Bonchev–Trinajstić information content (AvgIpc) is 3.29. The van der Waals surface area contributed by atoms with Gasteiger partial charge in [0.05, 0.1) is 11.8 Å². The Hall–Kier alpha value is -2.32. The molecule has 1 aliphatic carbocycles. The lowest BCUT2D eigenvalue weighted by Gasteiger charge is -2.20. The number of nitrogens with two attached hydrogens (primary N) is 1. The number of carboxylic acids is 1. The minimum absolute atomic E-state index is 0.0801. The molecule has 2 unspecified atom stereocenters. The SMILES string of the molecule is CC(C)C[C@H](NC(=O)C1CC1C(=O)O)C(=O)NCCCCNC(=N)N. The van der Waals surface area contributed by atoms with Gasteiger partial charge in [-0.15, -0.1) is 0 Å². The molecule has 25 heavy (non-hydrogen) atoms.